The second-order valence-corrected chi connectivity index (χ2v) is 13.3. The van der Waals surface area contributed by atoms with Gasteiger partial charge in [-0.3, -0.25) is 24.0 Å². The lowest BCUT2D eigenvalue weighted by molar-refractivity contribution is -0.126. The summed E-state index contributed by atoms with van der Waals surface area (Å²) in [7, 11) is 0. The van der Waals surface area contributed by atoms with E-state index < -0.39 is 71.4 Å². The number of oxazole rings is 2. The van der Waals surface area contributed by atoms with Crippen LogP contribution >= 0.6 is 0 Å². The van der Waals surface area contributed by atoms with Gasteiger partial charge >= 0.3 is 0 Å². The topological polar surface area (TPSA) is 189 Å². The highest BCUT2D eigenvalue weighted by atomic mass is 19.1. The summed E-state index contributed by atoms with van der Waals surface area (Å²) in [6.07, 6.45) is 2.63. The molecule has 2 aliphatic heterocycles. The highest BCUT2D eigenvalue weighted by Crippen LogP contribution is 2.26. The van der Waals surface area contributed by atoms with Crippen molar-refractivity contribution in [1.29, 1.82) is 0 Å². The first-order valence-electron chi connectivity index (χ1n) is 16.8. The van der Waals surface area contributed by atoms with Crippen molar-refractivity contribution in [3.8, 4) is 0 Å². The molecule has 272 valence electrons. The molecule has 0 aliphatic carbocycles. The fourth-order valence-electron chi connectivity index (χ4n) is 6.28. The number of rotatable bonds is 6. The Hall–Kier alpha value is -5.93. The van der Waals surface area contributed by atoms with Gasteiger partial charge in [-0.25, -0.2) is 18.7 Å². The third-order valence-corrected chi connectivity index (χ3v) is 8.78. The van der Waals surface area contributed by atoms with E-state index in [1.54, 1.807) is 6.92 Å². The van der Waals surface area contributed by atoms with E-state index in [-0.39, 0.29) is 54.0 Å². The van der Waals surface area contributed by atoms with Crippen LogP contribution in [0.25, 0.3) is 0 Å². The lowest BCUT2D eigenvalue weighted by atomic mass is 10.0. The highest BCUT2D eigenvalue weighted by molar-refractivity contribution is 5.98. The first-order chi connectivity index (χ1) is 24.8. The molecule has 0 saturated carbocycles. The van der Waals surface area contributed by atoms with Crippen LogP contribution in [0.15, 0.2) is 69.9 Å². The van der Waals surface area contributed by atoms with Crippen molar-refractivity contribution in [1.82, 2.24) is 36.1 Å². The van der Waals surface area contributed by atoms with Crippen molar-refractivity contribution in [3.05, 3.63) is 107 Å². The Kier molecular flexibility index (Phi) is 10.4. The van der Waals surface area contributed by atoms with Crippen molar-refractivity contribution in [3.63, 3.8) is 0 Å². The third kappa shape index (κ3) is 8.16. The summed E-state index contributed by atoms with van der Waals surface area (Å²) >= 11 is 0. The number of nitrogens with one attached hydrogen (secondary N) is 4. The Morgan fingerprint density at radius 1 is 0.904 bits per heavy atom. The Morgan fingerprint density at radius 2 is 1.58 bits per heavy atom. The van der Waals surface area contributed by atoms with Crippen molar-refractivity contribution in [2.45, 2.75) is 70.2 Å². The molecule has 4 aromatic rings. The minimum Gasteiger partial charge on any atom is -0.446 e. The van der Waals surface area contributed by atoms with E-state index >= 15 is 0 Å². The number of benzene rings is 2. The molecular formula is C36H37F2N7O7. The summed E-state index contributed by atoms with van der Waals surface area (Å²) in [6.45, 7) is 5.22. The zero-order valence-corrected chi connectivity index (χ0v) is 28.5. The molecule has 4 bridgehead atoms. The van der Waals surface area contributed by atoms with Gasteiger partial charge in [0.2, 0.25) is 23.6 Å². The number of hydrogen-bond donors (Lipinski definition) is 4. The largest absolute Gasteiger partial charge is 0.446 e. The van der Waals surface area contributed by atoms with Crippen LogP contribution in [0.2, 0.25) is 0 Å². The average molecular weight is 718 g/mol. The molecule has 6 rings (SSSR count). The molecule has 4 N–H and O–H groups in total. The van der Waals surface area contributed by atoms with Gasteiger partial charge in [0.15, 0.2) is 11.4 Å². The van der Waals surface area contributed by atoms with Crippen molar-refractivity contribution in [2.75, 3.05) is 6.54 Å². The number of nitrogens with zero attached hydrogens (tertiary/aromatic N) is 3. The van der Waals surface area contributed by atoms with E-state index in [9.17, 15) is 32.8 Å². The van der Waals surface area contributed by atoms with Gasteiger partial charge in [0.05, 0.1) is 0 Å². The first kappa shape index (κ1) is 35.9. The minimum absolute atomic E-state index is 0.00282. The number of fused-ring (bicyclic) bond motifs is 5. The van der Waals surface area contributed by atoms with E-state index in [2.05, 4.69) is 31.2 Å². The summed E-state index contributed by atoms with van der Waals surface area (Å²) in [5, 5.41) is 11.1. The molecule has 5 atom stereocenters. The van der Waals surface area contributed by atoms with Crippen LogP contribution in [0.4, 0.5) is 8.78 Å². The van der Waals surface area contributed by atoms with Gasteiger partial charge in [0, 0.05) is 30.6 Å². The van der Waals surface area contributed by atoms with Crippen LogP contribution in [-0.4, -0.2) is 69.1 Å². The maximum absolute atomic E-state index is 14.1. The molecule has 4 heterocycles. The molecule has 2 aromatic carbocycles. The maximum Gasteiger partial charge on any atom is 0.276 e. The van der Waals surface area contributed by atoms with Crippen LogP contribution in [0.5, 0.6) is 0 Å². The molecule has 1 saturated heterocycles. The average Bonchev–Trinajstić information content (AvgIpc) is 3.87. The summed E-state index contributed by atoms with van der Waals surface area (Å²) < 4.78 is 39.1. The van der Waals surface area contributed by atoms with Crippen molar-refractivity contribution < 1.29 is 41.6 Å². The van der Waals surface area contributed by atoms with E-state index in [0.717, 1.165) is 30.2 Å². The molecule has 14 nitrogen and oxygen atoms in total. The van der Waals surface area contributed by atoms with Gasteiger partial charge in [-0.2, -0.15) is 0 Å². The Balaban J connectivity index is 1.36. The predicted octanol–water partition coefficient (Wildman–Crippen LogP) is 3.39. The number of hydrogen-bond acceptors (Lipinski definition) is 9. The van der Waals surface area contributed by atoms with Crippen LogP contribution in [-0.2, 0) is 16.0 Å². The molecule has 52 heavy (non-hydrogen) atoms. The summed E-state index contributed by atoms with van der Waals surface area (Å²) in [4.78, 5) is 77.9. The number of carbonyl (C=O) groups is 5. The second kappa shape index (κ2) is 15.1. The molecule has 2 aliphatic rings. The second-order valence-electron chi connectivity index (χ2n) is 13.3. The molecule has 1 fully saturated rings. The molecule has 0 spiro atoms. The van der Waals surface area contributed by atoms with Crippen molar-refractivity contribution >= 4 is 29.5 Å². The predicted molar refractivity (Wildman–Crippen MR) is 178 cm³/mol. The third-order valence-electron chi connectivity index (χ3n) is 8.78. The number of amides is 5. The quantitative estimate of drug-likeness (QED) is 0.232. The molecule has 16 heteroatoms. The summed E-state index contributed by atoms with van der Waals surface area (Å²) in [5.41, 5.74) is 0.230. The lowest BCUT2D eigenvalue weighted by Gasteiger charge is -2.25. The van der Waals surface area contributed by atoms with E-state index in [0.29, 0.717) is 12.5 Å². The first-order valence-corrected chi connectivity index (χ1v) is 16.8. The number of aromatic nitrogens is 2. The molecular weight excluding hydrogens is 680 g/mol. The van der Waals surface area contributed by atoms with Gasteiger partial charge in [-0.15, -0.1) is 0 Å². The smallest absolute Gasteiger partial charge is 0.276 e. The lowest BCUT2D eigenvalue weighted by Crippen LogP contribution is -2.48. The zero-order valence-electron chi connectivity index (χ0n) is 28.5. The van der Waals surface area contributed by atoms with Gasteiger partial charge in [0.25, 0.3) is 17.7 Å². The maximum atomic E-state index is 14.1. The summed E-state index contributed by atoms with van der Waals surface area (Å²) in [5.74, 6) is -5.20. The fraction of sp³-hybridized carbons (Fsp3) is 0.361. The SMILES string of the molecule is CC(C)C[C@H]1NC(=O)c2coc(n2)[C@H](Cc2ccccc2)NC(=O)[C@@H]2C[C@H](NC(=O)c3cc(F)cc(F)c3)CN2C(=O)c2coc(n2)[C@@H](C)NC1=O. The number of carbonyl (C=O) groups excluding carboxylic acids is 5. The molecule has 2 aromatic heterocycles. The Labute approximate surface area is 296 Å². The summed E-state index contributed by atoms with van der Waals surface area (Å²) in [6, 6.07) is 6.79. The minimum atomic E-state index is -1.17. The Bertz CT molecular complexity index is 1960. The van der Waals surface area contributed by atoms with Crippen LogP contribution in [0, 0.1) is 17.6 Å². The Morgan fingerprint density at radius 3 is 2.29 bits per heavy atom. The number of halogens is 2. The van der Waals surface area contributed by atoms with E-state index in [1.807, 2.05) is 44.2 Å². The van der Waals surface area contributed by atoms with Gasteiger partial charge < -0.3 is 35.0 Å². The molecule has 0 unspecified atom stereocenters. The standard InChI is InChI=1S/C36H37F2N7O7/c1-18(2)9-25-31(47)39-19(3)34-44-28(17-51-34)36(50)45-15-24(40-30(46)21-11-22(37)13-23(38)12-21)14-29(45)33(49)42-26(10-20-7-5-4-6-8-20)35-43-27(16-52-35)32(48)41-25/h4-8,11-13,16-19,24-26,29H,9-10,14-15H2,1-3H3,(H,39,47)(H,40,46)(H,41,48)(H,42,49)/t19-,24+,25-,26+,29+/m1/s1. The van der Waals surface area contributed by atoms with Crippen LogP contribution in [0.3, 0.4) is 0 Å². The van der Waals surface area contributed by atoms with E-state index in [4.69, 9.17) is 8.83 Å². The van der Waals surface area contributed by atoms with Crippen LogP contribution < -0.4 is 21.3 Å². The zero-order chi connectivity index (χ0) is 37.1. The van der Waals surface area contributed by atoms with Crippen LogP contribution in [0.1, 0.15) is 94.4 Å². The van der Waals surface area contributed by atoms with Gasteiger partial charge in [0.1, 0.15) is 48.3 Å². The molecule has 0 radical (unpaired) electrons. The normalized spacial score (nSPS) is 22.6. The van der Waals surface area contributed by atoms with Crippen molar-refractivity contribution in [2.24, 2.45) is 5.92 Å². The van der Waals surface area contributed by atoms with Gasteiger partial charge in [-0.1, -0.05) is 44.2 Å². The van der Waals surface area contributed by atoms with E-state index in [1.165, 1.54) is 4.90 Å². The fourth-order valence-corrected chi connectivity index (χ4v) is 6.28. The molecule has 5 amide bonds. The monoisotopic (exact) mass is 717 g/mol. The highest BCUT2D eigenvalue weighted by Gasteiger charge is 2.43. The van der Waals surface area contributed by atoms with Gasteiger partial charge in [-0.05, 0) is 43.4 Å².